The van der Waals surface area contributed by atoms with E-state index in [0.717, 1.165) is 34.0 Å². The second-order valence-corrected chi connectivity index (χ2v) is 7.56. The zero-order valence-corrected chi connectivity index (χ0v) is 16.4. The van der Waals surface area contributed by atoms with Crippen molar-refractivity contribution in [2.45, 2.75) is 20.0 Å². The van der Waals surface area contributed by atoms with Gasteiger partial charge in [-0.15, -0.1) is 11.3 Å². The van der Waals surface area contributed by atoms with E-state index < -0.39 is 11.9 Å². The number of primary amides is 2. The van der Waals surface area contributed by atoms with Crippen LogP contribution in [0.5, 0.6) is 0 Å². The molecule has 2 heterocycles. The van der Waals surface area contributed by atoms with Gasteiger partial charge in [-0.3, -0.25) is 9.69 Å². The molecule has 3 rings (SSSR count). The fraction of sp³-hybridized carbons (Fsp3) is 0.211. The Kier molecular flexibility index (Phi) is 5.76. The molecule has 0 radical (unpaired) electrons. The molecule has 5 N–H and O–H groups in total. The van der Waals surface area contributed by atoms with Gasteiger partial charge in [0.2, 0.25) is 0 Å². The number of thiophene rings is 1. The summed E-state index contributed by atoms with van der Waals surface area (Å²) in [6.45, 7) is 3.30. The van der Waals surface area contributed by atoms with Crippen LogP contribution in [-0.2, 0) is 13.1 Å². The molecule has 2 aromatic heterocycles. The lowest BCUT2D eigenvalue weighted by molar-refractivity contribution is 0.100. The van der Waals surface area contributed by atoms with E-state index in [1.54, 1.807) is 6.07 Å². The third-order valence-electron chi connectivity index (χ3n) is 4.01. The number of carbonyl (C=O) groups is 2. The number of nitrogens with one attached hydrogen (secondary N) is 1. The molecule has 0 unspecified atom stereocenters. The number of urea groups is 1. The SMILES string of the molecule is Cc1cc(CN(C)Cc2ccc(-c3cc(NC(N)=O)c(C(N)=O)s3)cc2)on1. The molecule has 0 bridgehead atoms. The van der Waals surface area contributed by atoms with E-state index >= 15 is 0 Å². The van der Waals surface area contributed by atoms with Gasteiger partial charge >= 0.3 is 6.03 Å². The third kappa shape index (κ3) is 4.76. The van der Waals surface area contributed by atoms with Gasteiger partial charge in [-0.25, -0.2) is 4.79 Å². The summed E-state index contributed by atoms with van der Waals surface area (Å²) in [5, 5.41) is 6.33. The smallest absolute Gasteiger partial charge is 0.316 e. The topological polar surface area (TPSA) is 127 Å². The number of nitrogens with zero attached hydrogens (tertiary/aromatic N) is 2. The van der Waals surface area contributed by atoms with Crippen LogP contribution in [0, 0.1) is 6.92 Å². The molecule has 28 heavy (non-hydrogen) atoms. The Labute approximate surface area is 166 Å². The number of amides is 3. The molecule has 9 heteroatoms. The van der Waals surface area contributed by atoms with Crippen LogP contribution in [0.2, 0.25) is 0 Å². The Morgan fingerprint density at radius 3 is 2.46 bits per heavy atom. The van der Waals surface area contributed by atoms with Gasteiger partial charge in [0.1, 0.15) is 4.88 Å². The first-order valence-electron chi connectivity index (χ1n) is 8.52. The van der Waals surface area contributed by atoms with Crippen molar-refractivity contribution in [2.24, 2.45) is 11.5 Å². The van der Waals surface area contributed by atoms with Crippen molar-refractivity contribution in [1.82, 2.24) is 10.1 Å². The first-order valence-corrected chi connectivity index (χ1v) is 9.33. The minimum Gasteiger partial charge on any atom is -0.365 e. The molecule has 146 valence electrons. The van der Waals surface area contributed by atoms with Crippen molar-refractivity contribution >= 4 is 29.0 Å². The third-order valence-corrected chi connectivity index (χ3v) is 5.21. The van der Waals surface area contributed by atoms with Crippen LogP contribution in [0.25, 0.3) is 10.4 Å². The minimum absolute atomic E-state index is 0.264. The number of anilines is 1. The zero-order valence-electron chi connectivity index (χ0n) is 15.6. The predicted molar refractivity (Wildman–Crippen MR) is 108 cm³/mol. The number of aryl methyl sites for hydroxylation is 1. The molecule has 0 aliphatic rings. The lowest BCUT2D eigenvalue weighted by Crippen LogP contribution is -2.21. The highest BCUT2D eigenvalue weighted by molar-refractivity contribution is 7.18. The van der Waals surface area contributed by atoms with Crippen LogP contribution in [0.1, 0.15) is 26.7 Å². The number of rotatable bonds is 7. The summed E-state index contributed by atoms with van der Waals surface area (Å²) in [6.07, 6.45) is 0. The van der Waals surface area contributed by atoms with E-state index in [1.165, 1.54) is 11.3 Å². The van der Waals surface area contributed by atoms with E-state index in [4.69, 9.17) is 16.0 Å². The quantitative estimate of drug-likeness (QED) is 0.563. The van der Waals surface area contributed by atoms with Gasteiger partial charge < -0.3 is 21.3 Å². The van der Waals surface area contributed by atoms with Crippen molar-refractivity contribution in [3.8, 4) is 10.4 Å². The maximum atomic E-state index is 11.6. The average Bonchev–Trinajstić information content (AvgIpc) is 3.21. The molecule has 0 spiro atoms. The van der Waals surface area contributed by atoms with Crippen LogP contribution < -0.4 is 16.8 Å². The summed E-state index contributed by atoms with van der Waals surface area (Å²) in [5.41, 5.74) is 13.8. The standard InChI is InChI=1S/C19H21N5O3S/c1-11-7-14(27-23-11)10-24(2)9-12-3-5-13(6-4-12)16-8-15(22-19(21)26)17(28-16)18(20)25/h3-8H,9-10H2,1-2H3,(H2,20,25)(H3,21,22,26). The summed E-state index contributed by atoms with van der Waals surface area (Å²) in [7, 11) is 2.01. The monoisotopic (exact) mass is 399 g/mol. The first kappa shape index (κ1) is 19.6. The van der Waals surface area contributed by atoms with Crippen molar-refractivity contribution in [2.75, 3.05) is 12.4 Å². The lowest BCUT2D eigenvalue weighted by atomic mass is 10.1. The summed E-state index contributed by atoms with van der Waals surface area (Å²) in [6, 6.07) is 10.8. The van der Waals surface area contributed by atoms with Crippen LogP contribution >= 0.6 is 11.3 Å². The summed E-state index contributed by atoms with van der Waals surface area (Å²) < 4.78 is 5.24. The van der Waals surface area contributed by atoms with Crippen LogP contribution in [0.4, 0.5) is 10.5 Å². The Morgan fingerprint density at radius 1 is 1.18 bits per heavy atom. The zero-order chi connectivity index (χ0) is 20.3. The normalized spacial score (nSPS) is 11.0. The van der Waals surface area contributed by atoms with E-state index in [1.807, 2.05) is 44.3 Å². The van der Waals surface area contributed by atoms with E-state index in [2.05, 4.69) is 15.4 Å². The van der Waals surface area contributed by atoms with Gasteiger partial charge in [-0.05, 0) is 31.2 Å². The molecule has 3 amide bonds. The maximum Gasteiger partial charge on any atom is 0.316 e. The average molecular weight is 399 g/mol. The Hall–Kier alpha value is -3.17. The van der Waals surface area contributed by atoms with E-state index in [9.17, 15) is 9.59 Å². The van der Waals surface area contributed by atoms with Crippen molar-refractivity contribution in [1.29, 1.82) is 0 Å². The number of aromatic nitrogens is 1. The highest BCUT2D eigenvalue weighted by atomic mass is 32.1. The van der Waals surface area contributed by atoms with Gasteiger partial charge in [0, 0.05) is 17.5 Å². The molecule has 0 saturated heterocycles. The van der Waals surface area contributed by atoms with Gasteiger partial charge in [0.05, 0.1) is 17.9 Å². The molecule has 0 atom stereocenters. The molecule has 3 aromatic rings. The molecule has 1 aromatic carbocycles. The van der Waals surface area contributed by atoms with Gasteiger partial charge in [-0.2, -0.15) is 0 Å². The predicted octanol–water partition coefficient (Wildman–Crippen LogP) is 2.93. The minimum atomic E-state index is -0.743. The molecule has 0 aliphatic carbocycles. The summed E-state index contributed by atoms with van der Waals surface area (Å²) in [5.74, 6) is 0.213. The van der Waals surface area contributed by atoms with Crippen molar-refractivity contribution in [3.63, 3.8) is 0 Å². The number of carbonyl (C=O) groups excluding carboxylic acids is 2. The number of nitrogens with two attached hydrogens (primary N) is 2. The maximum absolute atomic E-state index is 11.6. The van der Waals surface area contributed by atoms with Crippen molar-refractivity contribution < 1.29 is 14.1 Å². The molecular weight excluding hydrogens is 378 g/mol. The Morgan fingerprint density at radius 2 is 1.89 bits per heavy atom. The molecule has 8 nitrogen and oxygen atoms in total. The second kappa shape index (κ2) is 8.24. The van der Waals surface area contributed by atoms with Crippen LogP contribution in [0.15, 0.2) is 40.9 Å². The number of hydrogen-bond acceptors (Lipinski definition) is 6. The molecule has 0 fully saturated rings. The lowest BCUT2D eigenvalue weighted by Gasteiger charge is -2.14. The second-order valence-electron chi connectivity index (χ2n) is 6.51. The Balaban J connectivity index is 1.71. The highest BCUT2D eigenvalue weighted by Gasteiger charge is 2.16. The van der Waals surface area contributed by atoms with Gasteiger partial charge in [0.25, 0.3) is 5.91 Å². The Bertz CT molecular complexity index is 993. The number of benzene rings is 1. The molecular formula is C19H21N5O3S. The van der Waals surface area contributed by atoms with E-state index in [0.29, 0.717) is 12.2 Å². The number of hydrogen-bond donors (Lipinski definition) is 3. The summed E-state index contributed by atoms with van der Waals surface area (Å²) in [4.78, 5) is 25.9. The van der Waals surface area contributed by atoms with Crippen LogP contribution in [0.3, 0.4) is 0 Å². The van der Waals surface area contributed by atoms with Crippen molar-refractivity contribution in [3.05, 3.63) is 58.3 Å². The van der Waals surface area contributed by atoms with Gasteiger partial charge in [-0.1, -0.05) is 29.4 Å². The largest absolute Gasteiger partial charge is 0.365 e. The van der Waals surface area contributed by atoms with E-state index in [-0.39, 0.29) is 4.88 Å². The fourth-order valence-electron chi connectivity index (χ4n) is 2.84. The van der Waals surface area contributed by atoms with Gasteiger partial charge in [0.15, 0.2) is 5.76 Å². The first-order chi connectivity index (χ1) is 13.3. The fourth-order valence-corrected chi connectivity index (χ4v) is 3.81. The molecule has 0 aliphatic heterocycles. The highest BCUT2D eigenvalue weighted by Crippen LogP contribution is 2.34. The summed E-state index contributed by atoms with van der Waals surface area (Å²) >= 11 is 1.21. The van der Waals surface area contributed by atoms with Crippen LogP contribution in [-0.4, -0.2) is 29.0 Å². The molecule has 0 saturated carbocycles.